The Morgan fingerprint density at radius 3 is 2.57 bits per heavy atom. The standard InChI is InChI=1S/C15H19N3O2S/c1-10-5-4-6-17-14(10)9-18-21(19,20)15-8-13(16)7-11(2)12(15)3/h4-8,18H,9,16H2,1-3H3. The summed E-state index contributed by atoms with van der Waals surface area (Å²) in [6.45, 7) is 5.66. The highest BCUT2D eigenvalue weighted by molar-refractivity contribution is 7.89. The number of sulfonamides is 1. The zero-order valence-corrected chi connectivity index (χ0v) is 13.2. The zero-order valence-electron chi connectivity index (χ0n) is 12.3. The number of hydrogen-bond acceptors (Lipinski definition) is 4. The van der Waals surface area contributed by atoms with Crippen molar-refractivity contribution in [3.05, 3.63) is 52.8 Å². The lowest BCUT2D eigenvalue weighted by molar-refractivity contribution is 0.579. The van der Waals surface area contributed by atoms with Gasteiger partial charge in [-0.2, -0.15) is 0 Å². The van der Waals surface area contributed by atoms with Crippen LogP contribution < -0.4 is 10.5 Å². The molecule has 0 unspecified atom stereocenters. The van der Waals surface area contributed by atoms with E-state index in [9.17, 15) is 8.42 Å². The fourth-order valence-electron chi connectivity index (χ4n) is 2.08. The van der Waals surface area contributed by atoms with Gasteiger partial charge in [0, 0.05) is 11.9 Å². The number of aryl methyl sites for hydroxylation is 2. The molecule has 0 atom stereocenters. The molecule has 0 saturated heterocycles. The van der Waals surface area contributed by atoms with E-state index in [0.29, 0.717) is 16.9 Å². The van der Waals surface area contributed by atoms with Crippen molar-refractivity contribution in [2.75, 3.05) is 5.73 Å². The second kappa shape index (κ2) is 5.83. The van der Waals surface area contributed by atoms with Gasteiger partial charge in [0.05, 0.1) is 17.1 Å². The van der Waals surface area contributed by atoms with E-state index >= 15 is 0 Å². The lowest BCUT2D eigenvalue weighted by Gasteiger charge is -2.12. The molecule has 0 saturated carbocycles. The van der Waals surface area contributed by atoms with Crippen LogP contribution in [0.4, 0.5) is 5.69 Å². The number of nitrogens with one attached hydrogen (secondary N) is 1. The van der Waals surface area contributed by atoms with E-state index in [4.69, 9.17) is 5.73 Å². The number of aromatic nitrogens is 1. The van der Waals surface area contributed by atoms with Gasteiger partial charge in [-0.1, -0.05) is 6.07 Å². The maximum atomic E-state index is 12.4. The van der Waals surface area contributed by atoms with Crippen LogP contribution in [0.3, 0.4) is 0 Å². The maximum absolute atomic E-state index is 12.4. The van der Waals surface area contributed by atoms with Crippen molar-refractivity contribution >= 4 is 15.7 Å². The van der Waals surface area contributed by atoms with E-state index in [1.807, 2.05) is 26.0 Å². The molecule has 112 valence electrons. The third-order valence-corrected chi connectivity index (χ3v) is 5.01. The molecule has 0 aliphatic heterocycles. The Bertz CT molecular complexity index is 770. The minimum atomic E-state index is -3.62. The lowest BCUT2D eigenvalue weighted by atomic mass is 10.1. The molecule has 0 fully saturated rings. The molecule has 5 nitrogen and oxygen atoms in total. The van der Waals surface area contributed by atoms with Crippen LogP contribution in [0.1, 0.15) is 22.4 Å². The Morgan fingerprint density at radius 2 is 1.90 bits per heavy atom. The maximum Gasteiger partial charge on any atom is 0.241 e. The minimum absolute atomic E-state index is 0.155. The van der Waals surface area contributed by atoms with Crippen LogP contribution in [0.25, 0.3) is 0 Å². The predicted octanol–water partition coefficient (Wildman–Crippen LogP) is 2.07. The number of nitrogen functional groups attached to an aromatic ring is 1. The minimum Gasteiger partial charge on any atom is -0.399 e. The van der Waals surface area contributed by atoms with Crippen molar-refractivity contribution in [2.45, 2.75) is 32.2 Å². The van der Waals surface area contributed by atoms with Crippen molar-refractivity contribution < 1.29 is 8.42 Å². The number of benzene rings is 1. The van der Waals surface area contributed by atoms with Gasteiger partial charge in [0.1, 0.15) is 0 Å². The van der Waals surface area contributed by atoms with Crippen LogP contribution in [-0.2, 0) is 16.6 Å². The Balaban J connectivity index is 2.30. The number of nitrogens with zero attached hydrogens (tertiary/aromatic N) is 1. The third-order valence-electron chi connectivity index (χ3n) is 3.48. The first kappa shape index (κ1) is 15.5. The smallest absolute Gasteiger partial charge is 0.241 e. The Labute approximate surface area is 125 Å². The first-order chi connectivity index (χ1) is 9.81. The monoisotopic (exact) mass is 305 g/mol. The Hall–Kier alpha value is -1.92. The van der Waals surface area contributed by atoms with Crippen LogP contribution >= 0.6 is 0 Å². The van der Waals surface area contributed by atoms with E-state index in [2.05, 4.69) is 9.71 Å². The number of pyridine rings is 1. The molecule has 0 radical (unpaired) electrons. The number of anilines is 1. The number of rotatable bonds is 4. The first-order valence-corrected chi connectivity index (χ1v) is 8.06. The normalized spacial score (nSPS) is 11.6. The second-order valence-electron chi connectivity index (χ2n) is 5.05. The average Bonchev–Trinajstić information content (AvgIpc) is 2.42. The summed E-state index contributed by atoms with van der Waals surface area (Å²) in [5.41, 5.74) is 9.40. The van der Waals surface area contributed by atoms with Crippen molar-refractivity contribution in [2.24, 2.45) is 0 Å². The van der Waals surface area contributed by atoms with Crippen LogP contribution in [0, 0.1) is 20.8 Å². The summed E-state index contributed by atoms with van der Waals surface area (Å²) in [6.07, 6.45) is 1.65. The lowest BCUT2D eigenvalue weighted by Crippen LogP contribution is -2.25. The molecule has 3 N–H and O–H groups in total. The summed E-state index contributed by atoms with van der Waals surface area (Å²) in [5, 5.41) is 0. The predicted molar refractivity (Wildman–Crippen MR) is 83.3 cm³/mol. The second-order valence-corrected chi connectivity index (χ2v) is 6.79. The van der Waals surface area contributed by atoms with Gasteiger partial charge in [-0.3, -0.25) is 4.98 Å². The number of nitrogens with two attached hydrogens (primary N) is 1. The molecular formula is C15H19N3O2S. The molecule has 1 aromatic carbocycles. The molecule has 0 spiro atoms. The van der Waals surface area contributed by atoms with Gasteiger partial charge in [-0.15, -0.1) is 0 Å². The molecule has 0 aliphatic rings. The van der Waals surface area contributed by atoms with Gasteiger partial charge in [0.25, 0.3) is 0 Å². The number of hydrogen-bond donors (Lipinski definition) is 2. The van der Waals surface area contributed by atoms with Gasteiger partial charge in [0.15, 0.2) is 0 Å². The third kappa shape index (κ3) is 3.40. The van der Waals surface area contributed by atoms with E-state index in [0.717, 1.165) is 11.1 Å². The van der Waals surface area contributed by atoms with Crippen LogP contribution in [0.5, 0.6) is 0 Å². The van der Waals surface area contributed by atoms with Gasteiger partial charge in [0.2, 0.25) is 10.0 Å². The van der Waals surface area contributed by atoms with Gasteiger partial charge < -0.3 is 5.73 Å². The fourth-order valence-corrected chi connectivity index (χ4v) is 3.42. The van der Waals surface area contributed by atoms with Crippen molar-refractivity contribution in [1.82, 2.24) is 9.71 Å². The molecule has 0 aliphatic carbocycles. The van der Waals surface area contributed by atoms with Crippen LogP contribution in [-0.4, -0.2) is 13.4 Å². The molecule has 2 rings (SSSR count). The van der Waals surface area contributed by atoms with E-state index in [1.54, 1.807) is 19.2 Å². The molecule has 0 amide bonds. The van der Waals surface area contributed by atoms with Crippen LogP contribution in [0.15, 0.2) is 35.4 Å². The summed E-state index contributed by atoms with van der Waals surface area (Å²) < 4.78 is 27.5. The molecule has 21 heavy (non-hydrogen) atoms. The molecule has 1 aromatic heterocycles. The van der Waals surface area contributed by atoms with E-state index in [1.165, 1.54) is 6.07 Å². The van der Waals surface area contributed by atoms with Crippen LogP contribution in [0.2, 0.25) is 0 Å². The summed E-state index contributed by atoms with van der Waals surface area (Å²) in [7, 11) is -3.62. The van der Waals surface area contributed by atoms with Crippen molar-refractivity contribution in [1.29, 1.82) is 0 Å². The molecule has 1 heterocycles. The fraction of sp³-hybridized carbons (Fsp3) is 0.267. The first-order valence-electron chi connectivity index (χ1n) is 6.58. The zero-order chi connectivity index (χ0) is 15.6. The van der Waals surface area contributed by atoms with Crippen molar-refractivity contribution in [3.63, 3.8) is 0 Å². The SMILES string of the molecule is Cc1cccnc1CNS(=O)(=O)c1cc(N)cc(C)c1C. The molecule has 2 aromatic rings. The quantitative estimate of drug-likeness (QED) is 0.847. The molecule has 6 heteroatoms. The van der Waals surface area contributed by atoms with E-state index < -0.39 is 10.0 Å². The molecule has 0 bridgehead atoms. The highest BCUT2D eigenvalue weighted by atomic mass is 32.2. The van der Waals surface area contributed by atoms with Gasteiger partial charge >= 0.3 is 0 Å². The Kier molecular flexibility index (Phi) is 4.29. The topological polar surface area (TPSA) is 85.1 Å². The van der Waals surface area contributed by atoms with Crippen molar-refractivity contribution in [3.8, 4) is 0 Å². The summed E-state index contributed by atoms with van der Waals surface area (Å²) in [6, 6.07) is 6.96. The highest BCUT2D eigenvalue weighted by Crippen LogP contribution is 2.22. The summed E-state index contributed by atoms with van der Waals surface area (Å²) >= 11 is 0. The average molecular weight is 305 g/mol. The van der Waals surface area contributed by atoms with E-state index in [-0.39, 0.29) is 11.4 Å². The summed E-state index contributed by atoms with van der Waals surface area (Å²) in [4.78, 5) is 4.40. The summed E-state index contributed by atoms with van der Waals surface area (Å²) in [5.74, 6) is 0. The van der Waals surface area contributed by atoms with Gasteiger partial charge in [-0.05, 0) is 55.7 Å². The largest absolute Gasteiger partial charge is 0.399 e. The highest BCUT2D eigenvalue weighted by Gasteiger charge is 2.18. The molecular weight excluding hydrogens is 286 g/mol. The Morgan fingerprint density at radius 1 is 1.19 bits per heavy atom. The van der Waals surface area contributed by atoms with Gasteiger partial charge in [-0.25, -0.2) is 13.1 Å².